The smallest absolute Gasteiger partial charge is 0.207 e. The van der Waals surface area contributed by atoms with Gasteiger partial charge in [-0.2, -0.15) is 9.65 Å². The monoisotopic (exact) mass is 195 g/mol. The van der Waals surface area contributed by atoms with E-state index in [4.69, 9.17) is 10.00 Å². The van der Waals surface area contributed by atoms with Gasteiger partial charge in [-0.1, -0.05) is 0 Å². The maximum Gasteiger partial charge on any atom is 0.207 e. The zero-order valence-corrected chi connectivity index (χ0v) is 7.97. The molecule has 0 saturated heterocycles. The van der Waals surface area contributed by atoms with Crippen molar-refractivity contribution in [1.82, 2.24) is 0 Å². The minimum Gasteiger partial charge on any atom is -0.505 e. The van der Waals surface area contributed by atoms with Crippen molar-refractivity contribution in [3.05, 3.63) is 23.0 Å². The van der Waals surface area contributed by atoms with Crippen molar-refractivity contribution in [3.63, 3.8) is 0 Å². The molecular weight excluding hydrogens is 185 g/mol. The van der Waals surface area contributed by atoms with E-state index in [0.717, 1.165) is 0 Å². The second kappa shape index (κ2) is 3.97. The van der Waals surface area contributed by atoms with Crippen LogP contribution >= 0.6 is 0 Å². The van der Waals surface area contributed by atoms with E-state index in [1.54, 1.807) is 13.0 Å². The SMILES string of the molecule is COc1c(CC#N)cc(C)c(O)c1F. The molecule has 0 radical (unpaired) electrons. The molecule has 0 saturated carbocycles. The summed E-state index contributed by atoms with van der Waals surface area (Å²) in [5, 5.41) is 17.8. The minimum atomic E-state index is -0.808. The number of phenols is 1. The average molecular weight is 195 g/mol. The molecule has 1 rings (SSSR count). The number of aryl methyl sites for hydroxylation is 1. The van der Waals surface area contributed by atoms with Gasteiger partial charge in [-0.3, -0.25) is 0 Å². The van der Waals surface area contributed by atoms with E-state index in [1.807, 2.05) is 6.07 Å². The Morgan fingerprint density at radius 2 is 2.29 bits per heavy atom. The van der Waals surface area contributed by atoms with Gasteiger partial charge in [-0.25, -0.2) is 0 Å². The molecular formula is C10H10FNO2. The molecule has 1 aromatic rings. The Hall–Kier alpha value is -1.76. The summed E-state index contributed by atoms with van der Waals surface area (Å²) in [5.41, 5.74) is 0.844. The second-order valence-electron chi connectivity index (χ2n) is 2.88. The highest BCUT2D eigenvalue weighted by Crippen LogP contribution is 2.32. The fraction of sp³-hybridized carbons (Fsp3) is 0.300. The number of halogens is 1. The summed E-state index contributed by atoms with van der Waals surface area (Å²) in [6.45, 7) is 1.57. The van der Waals surface area contributed by atoms with E-state index in [0.29, 0.717) is 11.1 Å². The van der Waals surface area contributed by atoms with Gasteiger partial charge in [0.1, 0.15) is 0 Å². The Bertz CT molecular complexity index is 396. The highest BCUT2D eigenvalue weighted by atomic mass is 19.1. The van der Waals surface area contributed by atoms with Gasteiger partial charge in [0.15, 0.2) is 11.5 Å². The van der Waals surface area contributed by atoms with Crippen LogP contribution in [0.5, 0.6) is 11.5 Å². The fourth-order valence-electron chi connectivity index (χ4n) is 1.25. The lowest BCUT2D eigenvalue weighted by molar-refractivity contribution is 0.359. The lowest BCUT2D eigenvalue weighted by atomic mass is 10.1. The molecule has 0 heterocycles. The number of benzene rings is 1. The van der Waals surface area contributed by atoms with Gasteiger partial charge in [0.2, 0.25) is 5.82 Å². The van der Waals surface area contributed by atoms with Gasteiger partial charge in [0, 0.05) is 5.56 Å². The molecule has 0 aromatic heterocycles. The second-order valence-corrected chi connectivity index (χ2v) is 2.88. The molecule has 0 atom stereocenters. The van der Waals surface area contributed by atoms with Crippen LogP contribution in [0.4, 0.5) is 4.39 Å². The van der Waals surface area contributed by atoms with Gasteiger partial charge in [-0.15, -0.1) is 0 Å². The number of rotatable bonds is 2. The molecule has 14 heavy (non-hydrogen) atoms. The first kappa shape index (κ1) is 10.3. The molecule has 0 aliphatic heterocycles. The quantitative estimate of drug-likeness (QED) is 0.784. The van der Waals surface area contributed by atoms with E-state index in [9.17, 15) is 9.50 Å². The van der Waals surface area contributed by atoms with Crippen LogP contribution in [0.25, 0.3) is 0 Å². The van der Waals surface area contributed by atoms with E-state index < -0.39 is 11.6 Å². The van der Waals surface area contributed by atoms with Gasteiger partial charge >= 0.3 is 0 Å². The summed E-state index contributed by atoms with van der Waals surface area (Å²) in [5.74, 6) is -1.30. The van der Waals surface area contributed by atoms with Crippen molar-refractivity contribution in [2.24, 2.45) is 0 Å². The number of nitriles is 1. The molecule has 3 nitrogen and oxygen atoms in total. The molecule has 0 spiro atoms. The number of phenolic OH excluding ortho intramolecular Hbond substituents is 1. The van der Waals surface area contributed by atoms with E-state index in [-0.39, 0.29) is 12.2 Å². The first-order valence-corrected chi connectivity index (χ1v) is 4.03. The Balaban J connectivity index is 3.37. The molecule has 0 amide bonds. The third kappa shape index (κ3) is 1.62. The van der Waals surface area contributed by atoms with Crippen LogP contribution in [0.1, 0.15) is 11.1 Å². The topological polar surface area (TPSA) is 53.2 Å². The Labute approximate surface area is 81.4 Å². The van der Waals surface area contributed by atoms with Crippen LogP contribution in [-0.2, 0) is 6.42 Å². The van der Waals surface area contributed by atoms with Crippen LogP contribution in [-0.4, -0.2) is 12.2 Å². The summed E-state index contributed by atoms with van der Waals surface area (Å²) in [7, 11) is 1.30. The zero-order valence-electron chi connectivity index (χ0n) is 7.97. The normalized spacial score (nSPS) is 9.57. The van der Waals surface area contributed by atoms with Gasteiger partial charge < -0.3 is 9.84 Å². The predicted octanol–water partition coefficient (Wildman–Crippen LogP) is 1.91. The Morgan fingerprint density at radius 1 is 1.64 bits per heavy atom. The molecule has 4 heteroatoms. The van der Waals surface area contributed by atoms with Crippen molar-refractivity contribution in [2.75, 3.05) is 7.11 Å². The molecule has 74 valence electrons. The Morgan fingerprint density at radius 3 is 2.79 bits per heavy atom. The van der Waals surface area contributed by atoms with Crippen LogP contribution in [0.3, 0.4) is 0 Å². The first-order chi connectivity index (χ1) is 6.61. The number of ether oxygens (including phenoxy) is 1. The molecule has 1 aromatic carbocycles. The number of hydrogen-bond acceptors (Lipinski definition) is 3. The fourth-order valence-corrected chi connectivity index (χ4v) is 1.25. The molecule has 0 fully saturated rings. The van der Waals surface area contributed by atoms with Crippen LogP contribution in [0.2, 0.25) is 0 Å². The van der Waals surface area contributed by atoms with Crippen molar-refractivity contribution in [3.8, 4) is 17.6 Å². The van der Waals surface area contributed by atoms with Crippen LogP contribution in [0, 0.1) is 24.1 Å². The summed E-state index contributed by atoms with van der Waals surface area (Å²) in [6.07, 6.45) is 0.0568. The van der Waals surface area contributed by atoms with Crippen molar-refractivity contribution in [2.45, 2.75) is 13.3 Å². The third-order valence-corrected chi connectivity index (χ3v) is 1.94. The molecule has 0 aliphatic carbocycles. The number of nitrogens with zero attached hydrogens (tertiary/aromatic N) is 1. The van der Waals surface area contributed by atoms with Crippen molar-refractivity contribution >= 4 is 0 Å². The van der Waals surface area contributed by atoms with Gasteiger partial charge in [-0.05, 0) is 18.6 Å². The van der Waals surface area contributed by atoms with Gasteiger partial charge in [0.25, 0.3) is 0 Å². The van der Waals surface area contributed by atoms with Crippen molar-refractivity contribution < 1.29 is 14.2 Å². The number of methoxy groups -OCH3 is 1. The van der Waals surface area contributed by atoms with Gasteiger partial charge in [0.05, 0.1) is 19.6 Å². The van der Waals surface area contributed by atoms with Crippen LogP contribution in [0.15, 0.2) is 6.07 Å². The number of hydrogen-bond donors (Lipinski definition) is 1. The van der Waals surface area contributed by atoms with E-state index >= 15 is 0 Å². The highest BCUT2D eigenvalue weighted by molar-refractivity contribution is 5.47. The minimum absolute atomic E-state index is 0.0568. The van der Waals surface area contributed by atoms with E-state index in [1.165, 1.54) is 7.11 Å². The molecule has 0 unspecified atom stereocenters. The summed E-state index contributed by atoms with van der Waals surface area (Å²) in [6, 6.07) is 3.45. The maximum absolute atomic E-state index is 13.4. The third-order valence-electron chi connectivity index (χ3n) is 1.94. The lowest BCUT2D eigenvalue weighted by Gasteiger charge is -2.10. The summed E-state index contributed by atoms with van der Waals surface area (Å²) < 4.78 is 18.1. The molecule has 0 aliphatic rings. The standard InChI is InChI=1S/C10H10FNO2/c1-6-5-7(3-4-12)10(14-2)8(11)9(6)13/h5,13H,3H2,1-2H3. The number of aromatic hydroxyl groups is 1. The Kier molecular flexibility index (Phi) is 2.92. The predicted molar refractivity (Wildman–Crippen MR) is 48.7 cm³/mol. The van der Waals surface area contributed by atoms with E-state index in [2.05, 4.69) is 0 Å². The summed E-state index contributed by atoms with van der Waals surface area (Å²) in [4.78, 5) is 0. The van der Waals surface area contributed by atoms with Crippen LogP contribution < -0.4 is 4.74 Å². The zero-order chi connectivity index (χ0) is 10.7. The molecule has 1 N–H and O–H groups in total. The van der Waals surface area contributed by atoms with Crippen molar-refractivity contribution in [1.29, 1.82) is 5.26 Å². The molecule has 0 bridgehead atoms. The first-order valence-electron chi connectivity index (χ1n) is 4.03. The average Bonchev–Trinajstić information content (AvgIpc) is 2.16. The lowest BCUT2D eigenvalue weighted by Crippen LogP contribution is -1.97. The maximum atomic E-state index is 13.4. The highest BCUT2D eigenvalue weighted by Gasteiger charge is 2.15. The largest absolute Gasteiger partial charge is 0.505 e. The summed E-state index contributed by atoms with van der Waals surface area (Å²) >= 11 is 0.